The van der Waals surface area contributed by atoms with Gasteiger partial charge in [0.1, 0.15) is 5.54 Å². The number of methoxy groups -OCH3 is 1. The lowest BCUT2D eigenvalue weighted by atomic mass is 9.84. The Morgan fingerprint density at radius 3 is 2.65 bits per heavy atom. The minimum Gasteiger partial charge on any atom is -0.381 e. The zero-order chi connectivity index (χ0) is 14.2. The van der Waals surface area contributed by atoms with Crippen molar-refractivity contribution in [3.63, 3.8) is 0 Å². The average Bonchev–Trinajstić information content (AvgIpc) is 2.94. The molecule has 20 heavy (non-hydrogen) atoms. The number of amides is 2. The first-order valence-electron chi connectivity index (χ1n) is 7.80. The van der Waals surface area contributed by atoms with Gasteiger partial charge in [0.2, 0.25) is 11.8 Å². The third kappa shape index (κ3) is 2.12. The summed E-state index contributed by atoms with van der Waals surface area (Å²) in [5.74, 6) is 0.155. The van der Waals surface area contributed by atoms with Gasteiger partial charge in [-0.05, 0) is 38.5 Å². The molecule has 0 aromatic carbocycles. The summed E-state index contributed by atoms with van der Waals surface area (Å²) in [5, 5.41) is 2.80. The molecule has 0 radical (unpaired) electrons. The highest BCUT2D eigenvalue weighted by molar-refractivity contribution is 5.98. The first kappa shape index (κ1) is 13.9. The first-order chi connectivity index (χ1) is 9.67. The fourth-order valence-corrected chi connectivity index (χ4v) is 4.30. The summed E-state index contributed by atoms with van der Waals surface area (Å²) in [5.41, 5.74) is -0.560. The number of nitrogens with zero attached hydrogens (tertiary/aromatic N) is 1. The van der Waals surface area contributed by atoms with E-state index >= 15 is 0 Å². The van der Waals surface area contributed by atoms with Gasteiger partial charge in [0.25, 0.3) is 0 Å². The van der Waals surface area contributed by atoms with Crippen LogP contribution in [-0.2, 0) is 14.3 Å². The van der Waals surface area contributed by atoms with Crippen molar-refractivity contribution in [3.05, 3.63) is 0 Å². The Morgan fingerprint density at radius 2 is 1.95 bits per heavy atom. The van der Waals surface area contributed by atoms with Crippen LogP contribution in [-0.4, -0.2) is 48.1 Å². The number of hydrogen-bond donors (Lipinski definition) is 1. The lowest BCUT2D eigenvalue weighted by Gasteiger charge is -2.49. The van der Waals surface area contributed by atoms with Crippen molar-refractivity contribution in [2.24, 2.45) is 0 Å². The van der Waals surface area contributed by atoms with Gasteiger partial charge in [0, 0.05) is 13.2 Å². The van der Waals surface area contributed by atoms with Gasteiger partial charge in [-0.3, -0.25) is 9.59 Å². The molecule has 1 saturated heterocycles. The van der Waals surface area contributed by atoms with E-state index in [1.54, 1.807) is 7.11 Å². The van der Waals surface area contributed by atoms with Crippen LogP contribution in [0.3, 0.4) is 0 Å². The smallest absolute Gasteiger partial charge is 0.246 e. The van der Waals surface area contributed by atoms with Gasteiger partial charge in [-0.2, -0.15) is 0 Å². The summed E-state index contributed by atoms with van der Waals surface area (Å²) in [6.07, 6.45) is 7.95. The third-order valence-electron chi connectivity index (χ3n) is 5.28. The Bertz CT molecular complexity index is 404. The van der Waals surface area contributed by atoms with Gasteiger partial charge in [-0.1, -0.05) is 12.8 Å². The highest BCUT2D eigenvalue weighted by Crippen LogP contribution is 2.41. The van der Waals surface area contributed by atoms with Gasteiger partial charge in [-0.15, -0.1) is 0 Å². The summed E-state index contributed by atoms with van der Waals surface area (Å²) in [7, 11) is 1.74. The molecule has 1 aliphatic heterocycles. The molecule has 2 unspecified atom stereocenters. The second-order valence-electron chi connectivity index (χ2n) is 6.36. The Kier molecular flexibility index (Phi) is 3.71. The van der Waals surface area contributed by atoms with Gasteiger partial charge < -0.3 is 15.0 Å². The number of carbonyl (C=O) groups excluding carboxylic acids is 2. The Morgan fingerprint density at radius 1 is 1.20 bits per heavy atom. The predicted octanol–water partition coefficient (Wildman–Crippen LogP) is 1.22. The lowest BCUT2D eigenvalue weighted by Crippen LogP contribution is -2.69. The van der Waals surface area contributed by atoms with Crippen LogP contribution in [0, 0.1) is 0 Å². The van der Waals surface area contributed by atoms with Crippen LogP contribution in [0.5, 0.6) is 0 Å². The van der Waals surface area contributed by atoms with Crippen molar-refractivity contribution in [2.75, 3.05) is 13.7 Å². The fourth-order valence-electron chi connectivity index (χ4n) is 4.30. The number of rotatable bonds is 2. The summed E-state index contributed by atoms with van der Waals surface area (Å²) < 4.78 is 5.49. The Hall–Kier alpha value is -1.10. The second-order valence-corrected chi connectivity index (χ2v) is 6.36. The lowest BCUT2D eigenvalue weighted by molar-refractivity contribution is -0.159. The van der Waals surface area contributed by atoms with Gasteiger partial charge in [-0.25, -0.2) is 0 Å². The van der Waals surface area contributed by atoms with E-state index < -0.39 is 5.54 Å². The molecule has 2 atom stereocenters. The zero-order valence-corrected chi connectivity index (χ0v) is 12.2. The maximum atomic E-state index is 12.5. The molecular formula is C15H24N2O3. The molecular weight excluding hydrogens is 256 g/mol. The van der Waals surface area contributed by atoms with Crippen molar-refractivity contribution in [2.45, 2.75) is 69.1 Å². The van der Waals surface area contributed by atoms with Crippen molar-refractivity contribution < 1.29 is 14.3 Å². The Balaban J connectivity index is 1.87. The normalized spacial score (nSPS) is 33.5. The molecule has 1 N–H and O–H groups in total. The molecule has 2 aliphatic carbocycles. The Labute approximate surface area is 120 Å². The SMILES string of the molecule is COC1CCCC(N2C(=O)CNC(=O)C23CCCC3)C1. The van der Waals surface area contributed by atoms with Crippen molar-refractivity contribution in [1.82, 2.24) is 10.2 Å². The molecule has 0 bridgehead atoms. The molecule has 5 nitrogen and oxygen atoms in total. The third-order valence-corrected chi connectivity index (χ3v) is 5.28. The van der Waals surface area contributed by atoms with Gasteiger partial charge in [0.15, 0.2) is 0 Å². The van der Waals surface area contributed by atoms with Crippen molar-refractivity contribution in [3.8, 4) is 0 Å². The molecule has 2 saturated carbocycles. The zero-order valence-electron chi connectivity index (χ0n) is 12.2. The second kappa shape index (κ2) is 5.35. The van der Waals surface area contributed by atoms with E-state index in [0.29, 0.717) is 0 Å². The molecule has 3 fully saturated rings. The first-order valence-corrected chi connectivity index (χ1v) is 7.80. The average molecular weight is 280 g/mol. The van der Waals surface area contributed by atoms with Crippen molar-refractivity contribution in [1.29, 1.82) is 0 Å². The quantitative estimate of drug-likeness (QED) is 0.827. The molecule has 3 aliphatic rings. The highest BCUT2D eigenvalue weighted by atomic mass is 16.5. The van der Waals surface area contributed by atoms with Crippen LogP contribution < -0.4 is 5.32 Å². The van der Waals surface area contributed by atoms with E-state index in [-0.39, 0.29) is 30.5 Å². The van der Waals surface area contributed by atoms with Crippen LogP contribution in [0.15, 0.2) is 0 Å². The summed E-state index contributed by atoms with van der Waals surface area (Å²) >= 11 is 0. The predicted molar refractivity (Wildman–Crippen MR) is 74.1 cm³/mol. The van der Waals surface area contributed by atoms with Crippen LogP contribution in [0.4, 0.5) is 0 Å². The minimum absolute atomic E-state index is 0.0640. The number of carbonyl (C=O) groups is 2. The van der Waals surface area contributed by atoms with Crippen LogP contribution in [0.25, 0.3) is 0 Å². The van der Waals surface area contributed by atoms with E-state index in [1.165, 1.54) is 0 Å². The van der Waals surface area contributed by atoms with E-state index in [0.717, 1.165) is 51.4 Å². The molecule has 0 aromatic heterocycles. The number of ether oxygens (including phenoxy) is 1. The molecule has 3 rings (SSSR count). The maximum Gasteiger partial charge on any atom is 0.246 e. The molecule has 1 heterocycles. The number of piperazine rings is 1. The van der Waals surface area contributed by atoms with Crippen LogP contribution >= 0.6 is 0 Å². The monoisotopic (exact) mass is 280 g/mol. The fraction of sp³-hybridized carbons (Fsp3) is 0.867. The van der Waals surface area contributed by atoms with Crippen LogP contribution in [0.2, 0.25) is 0 Å². The summed E-state index contributed by atoms with van der Waals surface area (Å²) in [6.45, 7) is 0.161. The number of nitrogens with one attached hydrogen (secondary N) is 1. The van der Waals surface area contributed by atoms with E-state index in [4.69, 9.17) is 4.74 Å². The molecule has 0 aromatic rings. The largest absolute Gasteiger partial charge is 0.381 e. The van der Waals surface area contributed by atoms with E-state index in [2.05, 4.69) is 5.32 Å². The highest BCUT2D eigenvalue weighted by Gasteiger charge is 2.53. The number of hydrogen-bond acceptors (Lipinski definition) is 3. The topological polar surface area (TPSA) is 58.6 Å². The standard InChI is InChI=1S/C15H24N2O3/c1-20-12-6-4-5-11(9-12)17-13(18)10-16-14(19)15(17)7-2-3-8-15/h11-12H,2-10H2,1H3,(H,16,19). The molecule has 2 amide bonds. The molecule has 112 valence electrons. The molecule has 1 spiro atoms. The van der Waals surface area contributed by atoms with Gasteiger partial charge >= 0.3 is 0 Å². The van der Waals surface area contributed by atoms with E-state index in [1.807, 2.05) is 4.90 Å². The minimum atomic E-state index is -0.560. The summed E-state index contributed by atoms with van der Waals surface area (Å²) in [4.78, 5) is 26.8. The van der Waals surface area contributed by atoms with E-state index in [9.17, 15) is 9.59 Å². The van der Waals surface area contributed by atoms with Crippen LogP contribution in [0.1, 0.15) is 51.4 Å². The van der Waals surface area contributed by atoms with Crippen molar-refractivity contribution >= 4 is 11.8 Å². The maximum absolute atomic E-state index is 12.5. The molecule has 5 heteroatoms. The summed E-state index contributed by atoms with van der Waals surface area (Å²) in [6, 6.07) is 0.172. The van der Waals surface area contributed by atoms with Gasteiger partial charge in [0.05, 0.1) is 12.6 Å².